The minimum atomic E-state index is 0.458. The Bertz CT molecular complexity index is 771. The number of benzene rings is 2. The molecule has 4 nitrogen and oxygen atoms in total. The smallest absolute Gasteiger partial charge is 0.195 e. The van der Waals surface area contributed by atoms with Gasteiger partial charge in [-0.05, 0) is 36.4 Å². The Labute approximate surface area is 113 Å². The fourth-order valence-corrected chi connectivity index (χ4v) is 2.48. The first-order valence-corrected chi connectivity index (χ1v) is 6.40. The van der Waals surface area contributed by atoms with E-state index in [0.717, 1.165) is 16.0 Å². The standard InChI is InChI=1S/C14H9N3OS/c15-8-14-17-12-6-5-11(7-13(12)19-14)18-10-3-1-9(16)2-4-10/h1-7H,16H2. The Morgan fingerprint density at radius 1 is 1.11 bits per heavy atom. The number of rotatable bonds is 2. The zero-order valence-corrected chi connectivity index (χ0v) is 10.6. The van der Waals surface area contributed by atoms with E-state index in [9.17, 15) is 0 Å². The number of nitrogens with zero attached hydrogens (tertiary/aromatic N) is 2. The van der Waals surface area contributed by atoms with Gasteiger partial charge in [-0.15, -0.1) is 11.3 Å². The van der Waals surface area contributed by atoms with Gasteiger partial charge in [0.2, 0.25) is 0 Å². The lowest BCUT2D eigenvalue weighted by atomic mass is 10.3. The molecule has 92 valence electrons. The molecule has 0 radical (unpaired) electrons. The maximum atomic E-state index is 8.82. The minimum absolute atomic E-state index is 0.458. The highest BCUT2D eigenvalue weighted by Crippen LogP contribution is 2.29. The number of nitriles is 1. The topological polar surface area (TPSA) is 71.9 Å². The summed E-state index contributed by atoms with van der Waals surface area (Å²) in [6.07, 6.45) is 0. The third kappa shape index (κ3) is 2.34. The van der Waals surface area contributed by atoms with E-state index >= 15 is 0 Å². The molecule has 0 bridgehead atoms. The molecule has 0 aliphatic carbocycles. The van der Waals surface area contributed by atoms with Gasteiger partial charge in [-0.3, -0.25) is 0 Å². The lowest BCUT2D eigenvalue weighted by molar-refractivity contribution is 0.483. The summed E-state index contributed by atoms with van der Waals surface area (Å²) in [5.41, 5.74) is 7.13. The molecular weight excluding hydrogens is 258 g/mol. The molecule has 0 atom stereocenters. The van der Waals surface area contributed by atoms with Gasteiger partial charge in [0, 0.05) is 11.8 Å². The molecule has 19 heavy (non-hydrogen) atoms. The Morgan fingerprint density at radius 2 is 1.84 bits per heavy atom. The van der Waals surface area contributed by atoms with Gasteiger partial charge in [0.05, 0.1) is 10.2 Å². The van der Waals surface area contributed by atoms with Crippen LogP contribution in [0, 0.1) is 11.3 Å². The van der Waals surface area contributed by atoms with Crippen LogP contribution in [0.3, 0.4) is 0 Å². The summed E-state index contributed by atoms with van der Waals surface area (Å²) in [4.78, 5) is 4.18. The number of hydrogen-bond acceptors (Lipinski definition) is 5. The lowest BCUT2D eigenvalue weighted by Crippen LogP contribution is -1.86. The molecule has 0 spiro atoms. The zero-order valence-electron chi connectivity index (χ0n) is 9.83. The second kappa shape index (κ2) is 4.59. The Hall–Kier alpha value is -2.58. The number of hydrogen-bond donors (Lipinski definition) is 1. The average Bonchev–Trinajstić information content (AvgIpc) is 2.83. The van der Waals surface area contributed by atoms with Crippen LogP contribution in [-0.2, 0) is 0 Å². The van der Waals surface area contributed by atoms with Crippen molar-refractivity contribution in [3.05, 3.63) is 47.5 Å². The van der Waals surface area contributed by atoms with Crippen LogP contribution in [0.1, 0.15) is 5.01 Å². The third-order valence-corrected chi connectivity index (χ3v) is 3.49. The minimum Gasteiger partial charge on any atom is -0.457 e. The highest BCUT2D eigenvalue weighted by atomic mass is 32.1. The molecule has 0 unspecified atom stereocenters. The molecule has 0 saturated heterocycles. The van der Waals surface area contributed by atoms with Gasteiger partial charge in [-0.1, -0.05) is 0 Å². The van der Waals surface area contributed by atoms with Crippen molar-refractivity contribution in [3.63, 3.8) is 0 Å². The van der Waals surface area contributed by atoms with E-state index in [1.807, 2.05) is 36.4 Å². The summed E-state index contributed by atoms with van der Waals surface area (Å²) in [6, 6.07) is 14.8. The molecular formula is C14H9N3OS. The van der Waals surface area contributed by atoms with Crippen LogP contribution in [0.25, 0.3) is 10.2 Å². The molecule has 2 N–H and O–H groups in total. The van der Waals surface area contributed by atoms with Crippen LogP contribution in [0.5, 0.6) is 11.5 Å². The third-order valence-electron chi connectivity index (χ3n) is 2.57. The lowest BCUT2D eigenvalue weighted by Gasteiger charge is -2.05. The molecule has 1 heterocycles. The number of nitrogens with two attached hydrogens (primary N) is 1. The van der Waals surface area contributed by atoms with E-state index in [0.29, 0.717) is 16.4 Å². The first kappa shape index (κ1) is 11.5. The highest BCUT2D eigenvalue weighted by Gasteiger charge is 2.05. The SMILES string of the molecule is N#Cc1nc2ccc(Oc3ccc(N)cc3)cc2s1. The normalized spacial score (nSPS) is 10.3. The fraction of sp³-hybridized carbons (Fsp3) is 0. The molecule has 3 rings (SSSR count). The molecule has 0 amide bonds. The van der Waals surface area contributed by atoms with Gasteiger partial charge < -0.3 is 10.5 Å². The largest absolute Gasteiger partial charge is 0.457 e. The summed E-state index contributed by atoms with van der Waals surface area (Å²) >= 11 is 1.35. The van der Waals surface area contributed by atoms with Crippen LogP contribution in [0.15, 0.2) is 42.5 Å². The number of fused-ring (bicyclic) bond motifs is 1. The Balaban J connectivity index is 1.93. The molecule has 3 aromatic rings. The van der Waals surface area contributed by atoms with Gasteiger partial charge in [0.15, 0.2) is 5.01 Å². The summed E-state index contributed by atoms with van der Waals surface area (Å²) in [6.45, 7) is 0. The Kier molecular flexibility index (Phi) is 2.78. The van der Waals surface area contributed by atoms with Gasteiger partial charge in [-0.25, -0.2) is 4.98 Å². The fourth-order valence-electron chi connectivity index (χ4n) is 1.69. The molecule has 2 aromatic carbocycles. The zero-order chi connectivity index (χ0) is 13.2. The van der Waals surface area contributed by atoms with E-state index in [2.05, 4.69) is 4.98 Å². The van der Waals surface area contributed by atoms with Crippen LogP contribution >= 0.6 is 11.3 Å². The molecule has 0 aliphatic heterocycles. The molecule has 0 aliphatic rings. The number of aromatic nitrogens is 1. The molecule has 0 saturated carbocycles. The van der Waals surface area contributed by atoms with Crippen LogP contribution < -0.4 is 10.5 Å². The van der Waals surface area contributed by atoms with E-state index in [4.69, 9.17) is 15.7 Å². The second-order valence-electron chi connectivity index (χ2n) is 3.93. The molecule has 0 fully saturated rings. The summed E-state index contributed by atoms with van der Waals surface area (Å²) in [7, 11) is 0. The van der Waals surface area contributed by atoms with E-state index < -0.39 is 0 Å². The maximum absolute atomic E-state index is 8.82. The number of anilines is 1. The van der Waals surface area contributed by atoms with Crippen molar-refractivity contribution in [3.8, 4) is 17.6 Å². The first-order chi connectivity index (χ1) is 9.24. The van der Waals surface area contributed by atoms with E-state index in [1.165, 1.54) is 11.3 Å². The van der Waals surface area contributed by atoms with Gasteiger partial charge in [0.1, 0.15) is 17.6 Å². The molecule has 1 aromatic heterocycles. The quantitative estimate of drug-likeness (QED) is 0.721. The van der Waals surface area contributed by atoms with Crippen molar-refractivity contribution < 1.29 is 4.74 Å². The van der Waals surface area contributed by atoms with Gasteiger partial charge in [0.25, 0.3) is 0 Å². The van der Waals surface area contributed by atoms with Crippen molar-refractivity contribution >= 4 is 27.2 Å². The number of thiazole rings is 1. The maximum Gasteiger partial charge on any atom is 0.195 e. The predicted molar refractivity (Wildman–Crippen MR) is 75.3 cm³/mol. The predicted octanol–water partition coefficient (Wildman–Crippen LogP) is 3.54. The number of nitrogen functional groups attached to an aromatic ring is 1. The summed E-state index contributed by atoms with van der Waals surface area (Å²) < 4.78 is 6.66. The second-order valence-corrected chi connectivity index (χ2v) is 4.96. The van der Waals surface area contributed by atoms with E-state index in [-0.39, 0.29) is 0 Å². The van der Waals surface area contributed by atoms with Crippen molar-refractivity contribution in [1.29, 1.82) is 5.26 Å². The summed E-state index contributed by atoms with van der Waals surface area (Å²) in [5.74, 6) is 1.43. The van der Waals surface area contributed by atoms with Crippen molar-refractivity contribution in [2.75, 3.05) is 5.73 Å². The number of ether oxygens (including phenoxy) is 1. The molecule has 5 heteroatoms. The highest BCUT2D eigenvalue weighted by molar-refractivity contribution is 7.19. The van der Waals surface area contributed by atoms with Crippen molar-refractivity contribution in [1.82, 2.24) is 4.98 Å². The van der Waals surface area contributed by atoms with Crippen molar-refractivity contribution in [2.45, 2.75) is 0 Å². The monoisotopic (exact) mass is 267 g/mol. The van der Waals surface area contributed by atoms with Gasteiger partial charge in [-0.2, -0.15) is 5.26 Å². The van der Waals surface area contributed by atoms with Crippen molar-refractivity contribution in [2.24, 2.45) is 0 Å². The Morgan fingerprint density at radius 3 is 2.58 bits per heavy atom. The van der Waals surface area contributed by atoms with E-state index in [1.54, 1.807) is 12.1 Å². The average molecular weight is 267 g/mol. The van der Waals surface area contributed by atoms with Gasteiger partial charge >= 0.3 is 0 Å². The summed E-state index contributed by atoms with van der Waals surface area (Å²) in [5, 5.41) is 9.28. The van der Waals surface area contributed by atoms with Crippen LogP contribution in [-0.4, -0.2) is 4.98 Å². The van der Waals surface area contributed by atoms with Crippen LogP contribution in [0.4, 0.5) is 5.69 Å². The first-order valence-electron chi connectivity index (χ1n) is 5.59. The van der Waals surface area contributed by atoms with Crippen LogP contribution in [0.2, 0.25) is 0 Å².